The molecule has 0 aliphatic carbocycles. The van der Waals surface area contributed by atoms with E-state index in [0.29, 0.717) is 6.07 Å². The topological polar surface area (TPSA) is 484 Å². The number of benzene rings is 5. The van der Waals surface area contributed by atoms with Gasteiger partial charge in [-0.05, 0) is 78.9 Å². The predicted molar refractivity (Wildman–Crippen MR) is 251 cm³/mol. The van der Waals surface area contributed by atoms with Gasteiger partial charge in [-0.2, -0.15) is 38.0 Å². The van der Waals surface area contributed by atoms with Crippen LogP contribution >= 0.6 is 12.0 Å². The SMILES string of the molecule is C.Nc1c(N=Nc2cc(Nc3nc(Nc4cccc(S(=O)(=O)[O-])c4)nc(Nc4cccc(S(=O)(=O)[O-])c4)n3)ccc2S(=O)(=O)[O-])cc(S(=O)(=O)[O-])c(N)c1N=Nc1cc(Nc2cc(F)nc(F)n2)ccc1SOO[O-].[Na+].[Na+].[Na+].[Na+].[Na+]. The molecule has 0 amide bonds. The molecular weight excluding hydrogens is 1220 g/mol. The van der Waals surface area contributed by atoms with E-state index in [0.717, 1.165) is 54.6 Å². The van der Waals surface area contributed by atoms with Gasteiger partial charge in [-0.25, -0.2) is 33.7 Å². The molecule has 394 valence electrons. The summed E-state index contributed by atoms with van der Waals surface area (Å²) in [5, 5.41) is 39.9. The number of nitrogen functional groups attached to an aromatic ring is 2. The van der Waals surface area contributed by atoms with Crippen LogP contribution in [0.5, 0.6) is 0 Å². The van der Waals surface area contributed by atoms with Crippen LogP contribution in [0.4, 0.5) is 89.3 Å². The van der Waals surface area contributed by atoms with Crippen LogP contribution in [-0.4, -0.2) is 76.8 Å². The Bertz CT molecular complexity index is 3800. The molecule has 7 rings (SSSR count). The Balaban J connectivity index is 0.00000533. The van der Waals surface area contributed by atoms with E-state index < -0.39 is 106 Å². The second kappa shape index (κ2) is 31.7. The van der Waals surface area contributed by atoms with Crippen molar-refractivity contribution in [1.82, 2.24) is 24.9 Å². The first kappa shape index (κ1) is 74.9. The van der Waals surface area contributed by atoms with E-state index >= 15 is 0 Å². The summed E-state index contributed by atoms with van der Waals surface area (Å²) < 4.78 is 177. The van der Waals surface area contributed by atoms with Gasteiger partial charge < -0.3 is 56.2 Å². The largest absolute Gasteiger partial charge is 1.00 e. The first-order valence-corrected chi connectivity index (χ1v) is 25.7. The van der Waals surface area contributed by atoms with Crippen molar-refractivity contribution < 1.29 is 223 Å². The summed E-state index contributed by atoms with van der Waals surface area (Å²) >= 11 is 0.279. The van der Waals surface area contributed by atoms with Gasteiger partial charge >= 0.3 is 154 Å². The Morgan fingerprint density at radius 2 is 0.963 bits per heavy atom. The third-order valence-electron chi connectivity index (χ3n) is 9.04. The molecule has 0 aliphatic rings. The minimum Gasteiger partial charge on any atom is -0.744 e. The van der Waals surface area contributed by atoms with Crippen molar-refractivity contribution in [1.29, 1.82) is 0 Å². The van der Waals surface area contributed by atoms with E-state index in [9.17, 15) is 65.9 Å². The zero-order valence-electron chi connectivity index (χ0n) is 40.8. The fourth-order valence-corrected chi connectivity index (χ4v) is 8.60. The second-order valence-corrected chi connectivity index (χ2v) is 20.3. The molecule has 7 aromatic rings. The number of anilines is 10. The van der Waals surface area contributed by atoms with Crippen LogP contribution in [0, 0.1) is 12.0 Å². The summed E-state index contributed by atoms with van der Waals surface area (Å²) in [6.45, 7) is 0. The summed E-state index contributed by atoms with van der Waals surface area (Å²) in [6, 6.07) is 16.6. The van der Waals surface area contributed by atoms with Crippen LogP contribution < -0.4 is 186 Å². The molecule has 80 heavy (non-hydrogen) atoms. The van der Waals surface area contributed by atoms with Crippen molar-refractivity contribution in [2.45, 2.75) is 31.9 Å². The molecule has 0 saturated heterocycles. The summed E-state index contributed by atoms with van der Waals surface area (Å²) in [4.78, 5) is 15.2. The van der Waals surface area contributed by atoms with Gasteiger partial charge in [0.2, 0.25) is 23.8 Å². The number of nitrogens with zero attached hydrogens (tertiary/aromatic N) is 9. The summed E-state index contributed by atoms with van der Waals surface area (Å²) in [5.41, 5.74) is 7.94. The van der Waals surface area contributed by atoms with Crippen LogP contribution in [0.3, 0.4) is 0 Å². The standard InChI is InChI=1S/C37H29F2N15O15S5.CH4.5Na/c38-29-16-30(47-34(39)46-29)42-19-7-9-26(70-69-68-55)23(13-19)51-54-33-31(40)25(15-28(32(33)41)74(65,66)67)53-52-24-14-20(8-10-27(24)73(62,63)64)45-37-49-35(43-17-3-1-5-21(11-17)71(56,57)58)48-36(50-37)44-18-4-2-6-22(12-18)72(59,60)61;;;;;;/h1-16,55H,40-41H2,(H,42,46,47)(H,56,57,58)(H,59,60,61)(H,62,63,64)(H,65,66,67)(H3,43,44,45,48,49,50);1H4;;;;;/q;;5*+1/p-5. The number of aromatic nitrogens is 5. The second-order valence-electron chi connectivity index (χ2n) is 14.1. The van der Waals surface area contributed by atoms with E-state index in [1.54, 1.807) is 0 Å². The summed E-state index contributed by atoms with van der Waals surface area (Å²) in [6.07, 6.45) is -1.43. The Kier molecular flexibility index (Phi) is 29.7. The smallest absolute Gasteiger partial charge is 0.744 e. The van der Waals surface area contributed by atoms with Gasteiger partial charge in [-0.3, -0.25) is 5.04 Å². The molecule has 42 heteroatoms. The van der Waals surface area contributed by atoms with Crippen LogP contribution in [0.1, 0.15) is 7.43 Å². The van der Waals surface area contributed by atoms with Gasteiger partial charge in [0, 0.05) is 28.8 Å². The van der Waals surface area contributed by atoms with Crippen molar-refractivity contribution in [3.8, 4) is 0 Å². The molecule has 0 fully saturated rings. The van der Waals surface area contributed by atoms with Gasteiger partial charge in [-0.15, -0.1) is 20.5 Å². The molecule has 0 bridgehead atoms. The van der Waals surface area contributed by atoms with Gasteiger partial charge in [-0.1, -0.05) is 19.6 Å². The Labute approximate surface area is 567 Å². The predicted octanol–water partition coefficient (Wildman–Crippen LogP) is -9.59. The number of halogens is 2. The van der Waals surface area contributed by atoms with Gasteiger partial charge in [0.05, 0.1) is 47.9 Å². The summed E-state index contributed by atoms with van der Waals surface area (Å²) in [5.74, 6) is -2.80. The van der Waals surface area contributed by atoms with E-state index in [1.165, 1.54) is 36.4 Å². The number of azo groups is 2. The fourth-order valence-electron chi connectivity index (χ4n) is 5.94. The van der Waals surface area contributed by atoms with E-state index in [1.807, 2.05) is 0 Å². The Morgan fingerprint density at radius 3 is 1.45 bits per heavy atom. The normalized spacial score (nSPS) is 11.4. The molecule has 0 aliphatic heterocycles. The molecule has 0 spiro atoms. The molecule has 0 unspecified atom stereocenters. The zero-order chi connectivity index (χ0) is 53.8. The molecular formula is C38H28F2N15Na5O15S5. The van der Waals surface area contributed by atoms with Crippen molar-refractivity contribution in [2.24, 2.45) is 20.5 Å². The minimum absolute atomic E-state index is 0. The van der Waals surface area contributed by atoms with Gasteiger partial charge in [0.25, 0.3) is 0 Å². The molecule has 0 radical (unpaired) electrons. The van der Waals surface area contributed by atoms with Crippen LogP contribution in [0.25, 0.3) is 0 Å². The Morgan fingerprint density at radius 1 is 0.500 bits per heavy atom. The molecule has 0 saturated carbocycles. The van der Waals surface area contributed by atoms with Crippen molar-refractivity contribution in [2.75, 3.05) is 32.7 Å². The van der Waals surface area contributed by atoms with Crippen LogP contribution in [0.15, 0.2) is 142 Å². The average Bonchev–Trinajstić information content (AvgIpc) is 3.29. The van der Waals surface area contributed by atoms with E-state index in [4.69, 9.17) is 11.5 Å². The third kappa shape index (κ3) is 20.6. The number of nitrogens with one attached hydrogen (secondary N) is 4. The maximum absolute atomic E-state index is 13.7. The molecule has 8 N–H and O–H groups in total. The van der Waals surface area contributed by atoms with Crippen molar-refractivity contribution in [3.63, 3.8) is 0 Å². The van der Waals surface area contributed by atoms with Crippen LogP contribution in [-0.2, 0) is 49.8 Å². The van der Waals surface area contributed by atoms with E-state index in [-0.39, 0.29) is 218 Å². The minimum atomic E-state index is -5.53. The molecule has 30 nitrogen and oxygen atoms in total. The average molecular weight is 1250 g/mol. The molecule has 2 aromatic heterocycles. The number of rotatable bonds is 19. The number of hydrogen-bond acceptors (Lipinski definition) is 31. The number of hydrogen-bond donors (Lipinski definition) is 6. The monoisotopic (exact) mass is 1250 g/mol. The zero-order valence-corrected chi connectivity index (χ0v) is 54.9. The van der Waals surface area contributed by atoms with Crippen molar-refractivity contribution >= 4 is 133 Å². The molecule has 2 heterocycles. The maximum atomic E-state index is 13.7. The third-order valence-corrected chi connectivity index (χ3v) is 13.1. The molecule has 5 aromatic carbocycles. The van der Waals surface area contributed by atoms with E-state index in [2.05, 4.69) is 76.0 Å². The quantitative estimate of drug-likeness (QED) is 0.00504. The first-order valence-electron chi connectivity index (χ1n) is 19.3. The Hall–Kier alpha value is -3.08. The van der Waals surface area contributed by atoms with Gasteiger partial charge in [0.1, 0.15) is 69.0 Å². The van der Waals surface area contributed by atoms with Crippen LogP contribution in [0.2, 0.25) is 0 Å². The summed E-state index contributed by atoms with van der Waals surface area (Å²) in [7, 11) is -20.8. The molecule has 0 atom stereocenters. The van der Waals surface area contributed by atoms with Gasteiger partial charge in [0.15, 0.2) is 0 Å². The fraction of sp³-hybridized carbons (Fsp3) is 0.0263. The maximum Gasteiger partial charge on any atom is 1.00 e. The van der Waals surface area contributed by atoms with Crippen molar-refractivity contribution in [3.05, 3.63) is 109 Å². The first-order chi connectivity index (χ1) is 34.7. The number of nitrogens with two attached hydrogens (primary N) is 2.